The van der Waals surface area contributed by atoms with Crippen molar-refractivity contribution in [2.75, 3.05) is 0 Å². The Morgan fingerprint density at radius 3 is 2.35 bits per heavy atom. The van der Waals surface area contributed by atoms with Crippen LogP contribution in [0.5, 0.6) is 0 Å². The summed E-state index contributed by atoms with van der Waals surface area (Å²) in [5.41, 5.74) is 1.75. The molecule has 0 amide bonds. The molecule has 2 nitrogen and oxygen atoms in total. The van der Waals surface area contributed by atoms with E-state index in [-0.39, 0.29) is 11.2 Å². The Balaban J connectivity index is 1.96. The molecule has 3 heteroatoms. The molecule has 0 aromatic heterocycles. The number of aryl methyl sites for hydroxylation is 1. The van der Waals surface area contributed by atoms with Crippen LogP contribution in [0.2, 0.25) is 0 Å². The fourth-order valence-electron chi connectivity index (χ4n) is 3.27. The number of rotatable bonds is 7. The summed E-state index contributed by atoms with van der Waals surface area (Å²) in [4.78, 5) is 0. The lowest BCUT2D eigenvalue weighted by Gasteiger charge is -2.32. The first kappa shape index (κ1) is 21.1. The molecule has 1 aromatic carbocycles. The molecule has 1 aliphatic heterocycles. The average Bonchev–Trinajstić information content (AvgIpc) is 2.81. The normalized spacial score (nSPS) is 19.1. The van der Waals surface area contributed by atoms with E-state index in [1.165, 1.54) is 37.7 Å². The molecule has 1 fully saturated rings. The summed E-state index contributed by atoms with van der Waals surface area (Å²) in [6.07, 6.45) is 7.67. The standard InChI is InChI=1S/C23H35BO2/c1-7-9-11-19(8-2)14-15-20-12-10-13-21(18-20)16-17-24-25-22(3,4)23(5,6)26-24/h10,12-13,18-19H,7-9,11,14-15H2,1-6H3. The predicted molar refractivity (Wildman–Crippen MR) is 111 cm³/mol. The van der Waals surface area contributed by atoms with Gasteiger partial charge in [0.25, 0.3) is 0 Å². The second-order valence-electron chi connectivity index (χ2n) is 8.51. The Bertz CT molecular complexity index is 623. The van der Waals surface area contributed by atoms with E-state index < -0.39 is 7.12 Å². The number of unbranched alkanes of at least 4 members (excludes halogenated alkanes) is 1. The molecule has 26 heavy (non-hydrogen) atoms. The third-order valence-corrected chi connectivity index (χ3v) is 5.90. The van der Waals surface area contributed by atoms with Gasteiger partial charge in [0.05, 0.1) is 11.2 Å². The third-order valence-electron chi connectivity index (χ3n) is 5.90. The van der Waals surface area contributed by atoms with Crippen molar-refractivity contribution >= 4 is 7.12 Å². The summed E-state index contributed by atoms with van der Waals surface area (Å²) in [6.45, 7) is 12.8. The fraction of sp³-hybridized carbons (Fsp3) is 0.652. The molecule has 0 spiro atoms. The first-order valence-electron chi connectivity index (χ1n) is 10.2. The lowest BCUT2D eigenvalue weighted by molar-refractivity contribution is 0.00578. The molecular weight excluding hydrogens is 319 g/mol. The fourth-order valence-corrected chi connectivity index (χ4v) is 3.27. The van der Waals surface area contributed by atoms with Gasteiger partial charge in [-0.1, -0.05) is 63.4 Å². The molecule has 1 aliphatic rings. The zero-order chi connectivity index (χ0) is 19.2. The second kappa shape index (κ2) is 9.11. The second-order valence-corrected chi connectivity index (χ2v) is 8.51. The number of hydrogen-bond acceptors (Lipinski definition) is 2. The van der Waals surface area contributed by atoms with Crippen molar-refractivity contribution in [2.24, 2.45) is 5.92 Å². The maximum atomic E-state index is 5.95. The Morgan fingerprint density at radius 2 is 1.73 bits per heavy atom. The van der Waals surface area contributed by atoms with Crippen LogP contribution < -0.4 is 0 Å². The van der Waals surface area contributed by atoms with Crippen molar-refractivity contribution in [3.05, 3.63) is 35.4 Å². The highest BCUT2D eigenvalue weighted by Crippen LogP contribution is 2.36. The minimum Gasteiger partial charge on any atom is -0.392 e. The van der Waals surface area contributed by atoms with Gasteiger partial charge in [-0.15, -0.1) is 0 Å². The topological polar surface area (TPSA) is 18.5 Å². The van der Waals surface area contributed by atoms with Gasteiger partial charge in [0, 0.05) is 5.56 Å². The predicted octanol–water partition coefficient (Wildman–Crippen LogP) is 5.82. The van der Waals surface area contributed by atoms with E-state index in [0.29, 0.717) is 0 Å². The van der Waals surface area contributed by atoms with Crippen LogP contribution in [0.4, 0.5) is 0 Å². The molecule has 0 N–H and O–H groups in total. The van der Waals surface area contributed by atoms with Crippen LogP contribution in [0.1, 0.15) is 84.8 Å². The maximum absolute atomic E-state index is 5.95. The van der Waals surface area contributed by atoms with E-state index in [2.05, 4.69) is 77.5 Å². The summed E-state index contributed by atoms with van der Waals surface area (Å²) >= 11 is 0. The van der Waals surface area contributed by atoms with Crippen molar-refractivity contribution in [3.8, 4) is 11.7 Å². The van der Waals surface area contributed by atoms with E-state index in [1.807, 2.05) is 0 Å². The van der Waals surface area contributed by atoms with Crippen LogP contribution in [0, 0.1) is 17.7 Å². The van der Waals surface area contributed by atoms with Crippen molar-refractivity contribution in [3.63, 3.8) is 0 Å². The molecule has 0 aliphatic carbocycles. The van der Waals surface area contributed by atoms with E-state index in [4.69, 9.17) is 9.31 Å². The summed E-state index contributed by atoms with van der Waals surface area (Å²) in [5, 5.41) is 0. The molecule has 1 unspecified atom stereocenters. The highest BCUT2D eigenvalue weighted by molar-refractivity contribution is 6.55. The monoisotopic (exact) mass is 354 g/mol. The Hall–Kier alpha value is -1.24. The summed E-state index contributed by atoms with van der Waals surface area (Å²) < 4.78 is 11.9. The first-order chi connectivity index (χ1) is 12.3. The molecule has 0 bridgehead atoms. The molecule has 1 heterocycles. The highest BCUT2D eigenvalue weighted by atomic mass is 16.7. The van der Waals surface area contributed by atoms with Crippen LogP contribution in [0.25, 0.3) is 0 Å². The van der Waals surface area contributed by atoms with Gasteiger partial charge in [-0.25, -0.2) is 0 Å². The van der Waals surface area contributed by atoms with E-state index in [9.17, 15) is 0 Å². The summed E-state index contributed by atoms with van der Waals surface area (Å²) in [6, 6.07) is 8.60. The van der Waals surface area contributed by atoms with Gasteiger partial charge in [0.15, 0.2) is 0 Å². The van der Waals surface area contributed by atoms with Gasteiger partial charge < -0.3 is 9.31 Å². The lowest BCUT2D eigenvalue weighted by atomic mass is 9.90. The molecule has 142 valence electrons. The largest absolute Gasteiger partial charge is 0.551 e. The van der Waals surface area contributed by atoms with Crippen molar-refractivity contribution in [2.45, 2.75) is 91.3 Å². The smallest absolute Gasteiger partial charge is 0.392 e. The van der Waals surface area contributed by atoms with E-state index >= 15 is 0 Å². The third kappa shape index (κ3) is 5.63. The molecule has 1 atom stereocenters. The van der Waals surface area contributed by atoms with Crippen LogP contribution in [-0.2, 0) is 15.7 Å². The average molecular weight is 354 g/mol. The Morgan fingerprint density at radius 1 is 1.04 bits per heavy atom. The minimum absolute atomic E-state index is 0.331. The van der Waals surface area contributed by atoms with Crippen LogP contribution in [0.3, 0.4) is 0 Å². The molecule has 0 radical (unpaired) electrons. The van der Waals surface area contributed by atoms with Gasteiger partial charge in [-0.2, -0.15) is 0 Å². The molecular formula is C23H35BO2. The summed E-state index contributed by atoms with van der Waals surface area (Å²) in [7, 11) is -0.456. The Kier molecular flexibility index (Phi) is 7.38. The van der Waals surface area contributed by atoms with Gasteiger partial charge in [-0.3, -0.25) is 0 Å². The van der Waals surface area contributed by atoms with Gasteiger partial charge in [-0.05, 0) is 64.2 Å². The highest BCUT2D eigenvalue weighted by Gasteiger charge is 2.50. The summed E-state index contributed by atoms with van der Waals surface area (Å²) in [5.74, 6) is 7.23. The maximum Gasteiger partial charge on any atom is 0.551 e. The van der Waals surface area contributed by atoms with Crippen molar-refractivity contribution in [1.29, 1.82) is 0 Å². The Labute approximate surface area is 161 Å². The number of hydrogen-bond donors (Lipinski definition) is 0. The van der Waals surface area contributed by atoms with Crippen LogP contribution in [0.15, 0.2) is 24.3 Å². The zero-order valence-electron chi connectivity index (χ0n) is 17.5. The first-order valence-corrected chi connectivity index (χ1v) is 10.2. The van der Waals surface area contributed by atoms with Gasteiger partial charge in [0.2, 0.25) is 0 Å². The van der Waals surface area contributed by atoms with Gasteiger partial charge >= 0.3 is 7.12 Å². The van der Waals surface area contributed by atoms with E-state index in [1.54, 1.807) is 0 Å². The van der Waals surface area contributed by atoms with Gasteiger partial charge in [0.1, 0.15) is 0 Å². The number of benzene rings is 1. The minimum atomic E-state index is -0.456. The SMILES string of the molecule is CCCCC(CC)CCc1cccc(C#CB2OC(C)(C)C(C)(C)O2)c1. The zero-order valence-corrected chi connectivity index (χ0v) is 17.5. The lowest BCUT2D eigenvalue weighted by Crippen LogP contribution is -2.41. The van der Waals surface area contributed by atoms with E-state index in [0.717, 1.165) is 17.9 Å². The quantitative estimate of drug-likeness (QED) is 0.454. The van der Waals surface area contributed by atoms with Crippen molar-refractivity contribution < 1.29 is 9.31 Å². The van der Waals surface area contributed by atoms with Crippen molar-refractivity contribution in [1.82, 2.24) is 0 Å². The molecule has 0 saturated carbocycles. The molecule has 1 aromatic rings. The molecule has 1 saturated heterocycles. The van der Waals surface area contributed by atoms with Crippen LogP contribution >= 0.6 is 0 Å². The molecule has 2 rings (SSSR count). The van der Waals surface area contributed by atoms with Crippen LogP contribution in [-0.4, -0.2) is 18.3 Å².